The van der Waals surface area contributed by atoms with Crippen LogP contribution in [0.15, 0.2) is 29.2 Å². The monoisotopic (exact) mass is 356 g/mol. The SMILES string of the molecule is Cl.NCC1CCN(S(=O)(=O)c2ccc(OCC(F)F)cc2)C1. The predicted octanol–water partition coefficient (Wildman–Crippen LogP) is 1.72. The van der Waals surface area contributed by atoms with Gasteiger partial charge >= 0.3 is 0 Å². The molecular formula is C13H19ClF2N2O3S. The van der Waals surface area contributed by atoms with E-state index in [-0.39, 0.29) is 29.0 Å². The molecule has 1 fully saturated rings. The fraction of sp³-hybridized carbons (Fsp3) is 0.538. The van der Waals surface area contributed by atoms with Gasteiger partial charge in [-0.1, -0.05) is 0 Å². The molecule has 1 aromatic carbocycles. The first kappa shape index (κ1) is 19.1. The van der Waals surface area contributed by atoms with Crippen LogP contribution >= 0.6 is 12.4 Å². The Balaban J connectivity index is 0.00000242. The van der Waals surface area contributed by atoms with Gasteiger partial charge in [0, 0.05) is 13.1 Å². The summed E-state index contributed by atoms with van der Waals surface area (Å²) < 4.78 is 55.1. The van der Waals surface area contributed by atoms with Gasteiger partial charge in [-0.05, 0) is 43.1 Å². The second-order valence-corrected chi connectivity index (χ2v) is 6.86. The molecule has 1 saturated heterocycles. The van der Waals surface area contributed by atoms with Crippen molar-refractivity contribution in [2.24, 2.45) is 11.7 Å². The summed E-state index contributed by atoms with van der Waals surface area (Å²) in [4.78, 5) is 0.129. The summed E-state index contributed by atoms with van der Waals surface area (Å²) >= 11 is 0. The minimum Gasteiger partial charge on any atom is -0.488 e. The standard InChI is InChI=1S/C13H18F2N2O3S.ClH/c14-13(15)9-20-11-1-3-12(4-2-11)21(18,19)17-6-5-10(7-16)8-17;/h1-4,10,13H,5-9,16H2;1H. The Morgan fingerprint density at radius 2 is 1.95 bits per heavy atom. The third-order valence-corrected chi connectivity index (χ3v) is 5.30. The fourth-order valence-corrected chi connectivity index (χ4v) is 3.75. The molecule has 9 heteroatoms. The molecule has 0 saturated carbocycles. The van der Waals surface area contributed by atoms with Gasteiger partial charge in [-0.15, -0.1) is 12.4 Å². The molecule has 0 spiro atoms. The number of sulfonamides is 1. The molecule has 126 valence electrons. The van der Waals surface area contributed by atoms with E-state index in [9.17, 15) is 17.2 Å². The van der Waals surface area contributed by atoms with Crippen molar-refractivity contribution in [2.75, 3.05) is 26.2 Å². The van der Waals surface area contributed by atoms with E-state index in [1.54, 1.807) is 0 Å². The van der Waals surface area contributed by atoms with Crippen LogP contribution < -0.4 is 10.5 Å². The van der Waals surface area contributed by atoms with E-state index in [0.717, 1.165) is 6.42 Å². The van der Waals surface area contributed by atoms with Crippen molar-refractivity contribution in [3.63, 3.8) is 0 Å². The lowest BCUT2D eigenvalue weighted by atomic mass is 10.1. The number of rotatable bonds is 6. The molecule has 0 bridgehead atoms. The Morgan fingerprint density at radius 1 is 1.32 bits per heavy atom. The minimum absolute atomic E-state index is 0. The number of halogens is 3. The maximum atomic E-state index is 12.4. The highest BCUT2D eigenvalue weighted by Crippen LogP contribution is 2.25. The van der Waals surface area contributed by atoms with E-state index in [0.29, 0.717) is 19.6 Å². The van der Waals surface area contributed by atoms with Crippen LogP contribution in [0, 0.1) is 5.92 Å². The largest absolute Gasteiger partial charge is 0.488 e. The summed E-state index contributed by atoms with van der Waals surface area (Å²) in [6.07, 6.45) is -1.81. The molecule has 5 nitrogen and oxygen atoms in total. The molecule has 2 rings (SSSR count). The molecule has 0 aromatic heterocycles. The van der Waals surface area contributed by atoms with Crippen molar-refractivity contribution >= 4 is 22.4 Å². The van der Waals surface area contributed by atoms with Crippen molar-refractivity contribution in [3.8, 4) is 5.75 Å². The van der Waals surface area contributed by atoms with Gasteiger partial charge in [-0.25, -0.2) is 17.2 Å². The molecule has 2 N–H and O–H groups in total. The second-order valence-electron chi connectivity index (χ2n) is 4.93. The lowest BCUT2D eigenvalue weighted by Crippen LogP contribution is -2.30. The number of nitrogens with two attached hydrogens (primary N) is 1. The van der Waals surface area contributed by atoms with Crippen LogP contribution in [0.4, 0.5) is 8.78 Å². The van der Waals surface area contributed by atoms with Crippen LogP contribution in [0.1, 0.15) is 6.42 Å². The Kier molecular flexibility index (Phi) is 6.98. The minimum atomic E-state index is -3.56. The van der Waals surface area contributed by atoms with Crippen molar-refractivity contribution in [1.29, 1.82) is 0 Å². The van der Waals surface area contributed by atoms with Crippen LogP contribution in [0.3, 0.4) is 0 Å². The maximum absolute atomic E-state index is 12.4. The Labute approximate surface area is 134 Å². The van der Waals surface area contributed by atoms with Gasteiger partial charge in [-0.2, -0.15) is 4.31 Å². The maximum Gasteiger partial charge on any atom is 0.272 e. The fourth-order valence-electron chi connectivity index (χ4n) is 2.22. The molecule has 1 atom stereocenters. The van der Waals surface area contributed by atoms with Gasteiger partial charge in [0.05, 0.1) is 4.90 Å². The van der Waals surface area contributed by atoms with Crippen molar-refractivity contribution < 1.29 is 21.9 Å². The Morgan fingerprint density at radius 3 is 2.45 bits per heavy atom. The van der Waals surface area contributed by atoms with E-state index >= 15 is 0 Å². The molecule has 1 aliphatic rings. The van der Waals surface area contributed by atoms with Gasteiger partial charge in [0.2, 0.25) is 10.0 Å². The zero-order chi connectivity index (χ0) is 15.5. The molecule has 0 radical (unpaired) electrons. The van der Waals surface area contributed by atoms with Gasteiger partial charge in [0.25, 0.3) is 6.43 Å². The zero-order valence-electron chi connectivity index (χ0n) is 11.8. The lowest BCUT2D eigenvalue weighted by molar-refractivity contribution is 0.0819. The molecule has 0 amide bonds. The van der Waals surface area contributed by atoms with Crippen LogP contribution in [0.25, 0.3) is 0 Å². The number of ether oxygens (including phenoxy) is 1. The summed E-state index contributed by atoms with van der Waals surface area (Å²) in [6, 6.07) is 5.50. The molecule has 1 aromatic rings. The van der Waals surface area contributed by atoms with Crippen LogP contribution in [0.5, 0.6) is 5.75 Å². The van der Waals surface area contributed by atoms with E-state index in [4.69, 9.17) is 10.5 Å². The normalized spacial score (nSPS) is 19.2. The van der Waals surface area contributed by atoms with Gasteiger partial charge in [0.15, 0.2) is 0 Å². The average Bonchev–Trinajstić information content (AvgIpc) is 2.95. The number of hydrogen-bond acceptors (Lipinski definition) is 4. The molecule has 22 heavy (non-hydrogen) atoms. The first-order chi connectivity index (χ1) is 9.93. The van der Waals surface area contributed by atoms with E-state index in [1.807, 2.05) is 0 Å². The molecule has 1 unspecified atom stereocenters. The predicted molar refractivity (Wildman–Crippen MR) is 81.1 cm³/mol. The topological polar surface area (TPSA) is 72.6 Å². The Bertz CT molecular complexity index is 569. The summed E-state index contributed by atoms with van der Waals surface area (Å²) in [6.45, 7) is 0.624. The first-order valence-corrected chi connectivity index (χ1v) is 8.08. The number of hydrogen-bond donors (Lipinski definition) is 1. The number of nitrogens with zero attached hydrogens (tertiary/aromatic N) is 1. The van der Waals surface area contributed by atoms with Crippen molar-refractivity contribution in [1.82, 2.24) is 4.31 Å². The van der Waals surface area contributed by atoms with Gasteiger partial charge < -0.3 is 10.5 Å². The molecule has 0 aliphatic carbocycles. The van der Waals surface area contributed by atoms with Crippen molar-refractivity contribution in [2.45, 2.75) is 17.7 Å². The summed E-state index contributed by atoms with van der Waals surface area (Å²) in [7, 11) is -3.56. The van der Waals surface area contributed by atoms with Gasteiger partial charge in [-0.3, -0.25) is 0 Å². The summed E-state index contributed by atoms with van der Waals surface area (Å²) in [5, 5.41) is 0. The van der Waals surface area contributed by atoms with E-state index < -0.39 is 23.1 Å². The summed E-state index contributed by atoms with van der Waals surface area (Å²) in [5.41, 5.74) is 5.56. The lowest BCUT2D eigenvalue weighted by Gasteiger charge is -2.16. The number of alkyl halides is 2. The Hall–Kier alpha value is -0.960. The van der Waals surface area contributed by atoms with Crippen LogP contribution in [-0.2, 0) is 10.0 Å². The quantitative estimate of drug-likeness (QED) is 0.842. The van der Waals surface area contributed by atoms with E-state index in [2.05, 4.69) is 0 Å². The molecule has 1 heterocycles. The third kappa shape index (κ3) is 4.52. The zero-order valence-corrected chi connectivity index (χ0v) is 13.5. The van der Waals surface area contributed by atoms with Crippen molar-refractivity contribution in [3.05, 3.63) is 24.3 Å². The average molecular weight is 357 g/mol. The second kappa shape index (κ2) is 8.05. The van der Waals surface area contributed by atoms with Gasteiger partial charge in [0.1, 0.15) is 12.4 Å². The molecule has 1 aliphatic heterocycles. The van der Waals surface area contributed by atoms with E-state index in [1.165, 1.54) is 28.6 Å². The smallest absolute Gasteiger partial charge is 0.272 e. The highest BCUT2D eigenvalue weighted by atomic mass is 35.5. The molecular weight excluding hydrogens is 338 g/mol. The van der Waals surface area contributed by atoms with Crippen LogP contribution in [-0.4, -0.2) is 45.4 Å². The summed E-state index contributed by atoms with van der Waals surface area (Å²) in [5.74, 6) is 0.406. The first-order valence-electron chi connectivity index (χ1n) is 6.64. The highest BCUT2D eigenvalue weighted by molar-refractivity contribution is 7.89. The third-order valence-electron chi connectivity index (χ3n) is 3.42. The van der Waals surface area contributed by atoms with Crippen LogP contribution in [0.2, 0.25) is 0 Å². The number of benzene rings is 1. The highest BCUT2D eigenvalue weighted by Gasteiger charge is 2.31.